The number of halogens is 1. The summed E-state index contributed by atoms with van der Waals surface area (Å²) in [6.07, 6.45) is 0.920. The van der Waals surface area contributed by atoms with Crippen LogP contribution in [0.1, 0.15) is 11.6 Å². The lowest BCUT2D eigenvalue weighted by Gasteiger charge is -2.30. The van der Waals surface area contributed by atoms with E-state index in [0.717, 1.165) is 26.7 Å². The second kappa shape index (κ2) is 7.02. The van der Waals surface area contributed by atoms with Crippen LogP contribution in [0.2, 0.25) is 0 Å². The van der Waals surface area contributed by atoms with Crippen LogP contribution < -0.4 is 9.79 Å². The van der Waals surface area contributed by atoms with Gasteiger partial charge in [0.2, 0.25) is 10.0 Å². The van der Waals surface area contributed by atoms with Gasteiger partial charge in [0.1, 0.15) is 5.82 Å². The van der Waals surface area contributed by atoms with Crippen molar-refractivity contribution < 1.29 is 22.8 Å². The number of benzene rings is 2. The fraction of sp³-hybridized carbons (Fsp3) is 0.118. The van der Waals surface area contributed by atoms with E-state index in [1.54, 1.807) is 18.2 Å². The minimum atomic E-state index is -3.99. The van der Waals surface area contributed by atoms with E-state index in [1.807, 2.05) is 11.4 Å². The first-order valence-corrected chi connectivity index (χ1v) is 10.2. The van der Waals surface area contributed by atoms with Crippen LogP contribution in [0, 0.1) is 5.82 Å². The molecule has 2 aromatic carbocycles. The van der Waals surface area contributed by atoms with E-state index in [9.17, 15) is 17.6 Å². The Morgan fingerprint density at radius 1 is 1.23 bits per heavy atom. The van der Waals surface area contributed by atoms with Crippen LogP contribution in [-0.4, -0.2) is 25.8 Å². The number of thiophene rings is 1. The van der Waals surface area contributed by atoms with Gasteiger partial charge in [0.25, 0.3) is 5.91 Å². The summed E-state index contributed by atoms with van der Waals surface area (Å²) in [4.78, 5) is 12.3. The minimum Gasteiger partial charge on any atom is -0.289 e. The Hall–Kier alpha value is -2.49. The van der Waals surface area contributed by atoms with Gasteiger partial charge >= 0.3 is 0 Å². The van der Waals surface area contributed by atoms with Gasteiger partial charge in [0, 0.05) is 10.3 Å². The summed E-state index contributed by atoms with van der Waals surface area (Å²) < 4.78 is 41.1. The molecule has 3 rings (SSSR count). The molecule has 0 unspecified atom stereocenters. The van der Waals surface area contributed by atoms with E-state index in [0.29, 0.717) is 0 Å². The van der Waals surface area contributed by atoms with Crippen LogP contribution in [0.4, 0.5) is 10.1 Å². The second-order valence-electron chi connectivity index (χ2n) is 5.60. The van der Waals surface area contributed by atoms with E-state index in [1.165, 1.54) is 35.0 Å². The SMILES string of the molecule is CS(=O)(=O)N(c1ccc2sccc2c1)[C@@H](C(=O)NO)c1ccccc1F. The average molecular weight is 394 g/mol. The molecule has 0 aliphatic rings. The largest absolute Gasteiger partial charge is 0.289 e. The van der Waals surface area contributed by atoms with Gasteiger partial charge < -0.3 is 0 Å². The summed E-state index contributed by atoms with van der Waals surface area (Å²) in [7, 11) is -3.99. The zero-order valence-corrected chi connectivity index (χ0v) is 15.2. The fourth-order valence-electron chi connectivity index (χ4n) is 2.76. The van der Waals surface area contributed by atoms with Crippen molar-refractivity contribution in [1.82, 2.24) is 5.48 Å². The number of sulfonamides is 1. The molecule has 1 amide bonds. The lowest BCUT2D eigenvalue weighted by atomic mass is 10.0. The number of carbonyl (C=O) groups is 1. The number of nitrogens with one attached hydrogen (secondary N) is 1. The van der Waals surface area contributed by atoms with E-state index in [4.69, 9.17) is 5.21 Å². The van der Waals surface area contributed by atoms with Crippen molar-refractivity contribution in [2.75, 3.05) is 10.6 Å². The second-order valence-corrected chi connectivity index (χ2v) is 8.41. The molecular formula is C17H15FN2O4S2. The number of fused-ring (bicyclic) bond motifs is 1. The number of rotatable bonds is 5. The molecule has 6 nitrogen and oxygen atoms in total. The summed E-state index contributed by atoms with van der Waals surface area (Å²) in [6, 6.07) is 10.4. The molecule has 1 atom stereocenters. The van der Waals surface area contributed by atoms with E-state index >= 15 is 0 Å². The monoisotopic (exact) mass is 394 g/mol. The Kier molecular flexibility index (Phi) is 4.94. The number of anilines is 1. The van der Waals surface area contributed by atoms with Gasteiger partial charge in [0.15, 0.2) is 6.04 Å². The van der Waals surface area contributed by atoms with Gasteiger partial charge in [-0.05, 0) is 41.1 Å². The Bertz CT molecular complexity index is 1070. The molecule has 0 saturated carbocycles. The molecule has 0 saturated heterocycles. The van der Waals surface area contributed by atoms with Crippen LogP contribution in [-0.2, 0) is 14.8 Å². The normalized spacial score (nSPS) is 12.7. The van der Waals surface area contributed by atoms with Crippen molar-refractivity contribution in [1.29, 1.82) is 0 Å². The molecule has 3 aromatic rings. The van der Waals surface area contributed by atoms with Crippen molar-refractivity contribution in [2.45, 2.75) is 6.04 Å². The van der Waals surface area contributed by atoms with Crippen LogP contribution in [0.25, 0.3) is 10.1 Å². The first-order chi connectivity index (χ1) is 12.3. The Morgan fingerprint density at radius 3 is 2.62 bits per heavy atom. The third kappa shape index (κ3) is 3.41. The van der Waals surface area contributed by atoms with Crippen molar-refractivity contribution in [3.63, 3.8) is 0 Å². The van der Waals surface area contributed by atoms with Crippen LogP contribution in [0.15, 0.2) is 53.9 Å². The smallest absolute Gasteiger partial charge is 0.271 e. The lowest BCUT2D eigenvalue weighted by molar-refractivity contribution is -0.130. The number of nitrogens with zero attached hydrogens (tertiary/aromatic N) is 1. The van der Waals surface area contributed by atoms with Crippen LogP contribution >= 0.6 is 11.3 Å². The van der Waals surface area contributed by atoms with E-state index < -0.39 is 27.8 Å². The molecule has 0 aliphatic heterocycles. The Morgan fingerprint density at radius 2 is 1.96 bits per heavy atom. The molecule has 26 heavy (non-hydrogen) atoms. The van der Waals surface area contributed by atoms with Gasteiger partial charge in [-0.3, -0.25) is 14.3 Å². The highest BCUT2D eigenvalue weighted by Gasteiger charge is 2.36. The molecule has 9 heteroatoms. The lowest BCUT2D eigenvalue weighted by Crippen LogP contribution is -2.43. The number of carbonyl (C=O) groups excluding carboxylic acids is 1. The van der Waals surface area contributed by atoms with Crippen molar-refractivity contribution >= 4 is 43.0 Å². The average Bonchev–Trinajstić information content (AvgIpc) is 3.06. The number of amides is 1. The summed E-state index contributed by atoms with van der Waals surface area (Å²) in [5.41, 5.74) is 1.45. The molecule has 0 spiro atoms. The van der Waals surface area contributed by atoms with Gasteiger partial charge in [-0.25, -0.2) is 18.3 Å². The topological polar surface area (TPSA) is 86.7 Å². The summed E-state index contributed by atoms with van der Waals surface area (Å²) in [5, 5.41) is 11.8. The van der Waals surface area contributed by atoms with Crippen molar-refractivity contribution in [2.24, 2.45) is 0 Å². The first-order valence-electron chi connectivity index (χ1n) is 7.48. The number of hydroxylamine groups is 1. The predicted molar refractivity (Wildman–Crippen MR) is 98.2 cm³/mol. The molecule has 1 heterocycles. The maximum absolute atomic E-state index is 14.3. The molecule has 0 radical (unpaired) electrons. The highest BCUT2D eigenvalue weighted by atomic mass is 32.2. The first kappa shape index (κ1) is 18.3. The zero-order chi connectivity index (χ0) is 18.9. The van der Waals surface area contributed by atoms with Crippen LogP contribution in [0.3, 0.4) is 0 Å². The molecule has 136 valence electrons. The summed E-state index contributed by atoms with van der Waals surface area (Å²) in [6.45, 7) is 0. The number of hydrogen-bond donors (Lipinski definition) is 2. The molecule has 1 aromatic heterocycles. The zero-order valence-electron chi connectivity index (χ0n) is 13.6. The van der Waals surface area contributed by atoms with E-state index in [-0.39, 0.29) is 11.3 Å². The highest BCUT2D eigenvalue weighted by Crippen LogP contribution is 2.34. The highest BCUT2D eigenvalue weighted by molar-refractivity contribution is 7.92. The van der Waals surface area contributed by atoms with Gasteiger partial charge in [-0.1, -0.05) is 18.2 Å². The van der Waals surface area contributed by atoms with Gasteiger partial charge in [-0.15, -0.1) is 11.3 Å². The Balaban J connectivity index is 2.24. The quantitative estimate of drug-likeness (QED) is 0.514. The van der Waals surface area contributed by atoms with Crippen molar-refractivity contribution in [3.8, 4) is 0 Å². The number of hydrogen-bond acceptors (Lipinski definition) is 5. The van der Waals surface area contributed by atoms with Crippen molar-refractivity contribution in [3.05, 3.63) is 65.3 Å². The Labute approximate surface area is 153 Å². The summed E-state index contributed by atoms with van der Waals surface area (Å²) in [5.74, 6) is -1.82. The van der Waals surface area contributed by atoms with E-state index in [2.05, 4.69) is 0 Å². The molecule has 0 aliphatic carbocycles. The molecule has 0 fully saturated rings. The third-order valence-corrected chi connectivity index (χ3v) is 5.87. The molecular weight excluding hydrogens is 379 g/mol. The molecule has 0 bridgehead atoms. The van der Waals surface area contributed by atoms with Crippen LogP contribution in [0.5, 0.6) is 0 Å². The minimum absolute atomic E-state index is 0.171. The fourth-order valence-corrected chi connectivity index (χ4v) is 4.61. The maximum Gasteiger partial charge on any atom is 0.271 e. The predicted octanol–water partition coefficient (Wildman–Crippen LogP) is 3.05. The summed E-state index contributed by atoms with van der Waals surface area (Å²) >= 11 is 1.49. The maximum atomic E-state index is 14.3. The third-order valence-electron chi connectivity index (χ3n) is 3.84. The molecule has 2 N–H and O–H groups in total. The van der Waals surface area contributed by atoms with Gasteiger partial charge in [-0.2, -0.15) is 0 Å². The van der Waals surface area contributed by atoms with Gasteiger partial charge in [0.05, 0.1) is 11.9 Å². The standard InChI is InChI=1S/C17H15FN2O4S2/c1-26(23,24)20(12-6-7-15-11(10-12)8-9-25-15)16(17(21)19-22)13-4-2-3-5-14(13)18/h2-10,16,22H,1H3,(H,19,21)/t16-/m1/s1.